The van der Waals surface area contributed by atoms with Gasteiger partial charge in [0.1, 0.15) is 9.84 Å². The summed E-state index contributed by atoms with van der Waals surface area (Å²) >= 11 is 0. The molecule has 0 aromatic rings. The highest BCUT2D eigenvalue weighted by molar-refractivity contribution is 7.90. The van der Waals surface area contributed by atoms with Crippen LogP contribution in [0.1, 0.15) is 25.7 Å². The Hall–Kier alpha value is -1.15. The Kier molecular flexibility index (Phi) is 5.30. The van der Waals surface area contributed by atoms with E-state index < -0.39 is 33.7 Å². The first-order valence-corrected chi connectivity index (χ1v) is 8.21. The van der Waals surface area contributed by atoms with E-state index in [-0.39, 0.29) is 18.2 Å². The lowest BCUT2D eigenvalue weighted by molar-refractivity contribution is -0.141. The standard InChI is InChI=1S/C11H20N2O5S/c1-19(17,18)5-4-9(12)10(14)13-8-3-2-7(6-8)11(15)16/h7-9H,2-6,12H2,1H3,(H,13,14)(H,15,16). The lowest BCUT2D eigenvalue weighted by Gasteiger charge is -2.16. The summed E-state index contributed by atoms with van der Waals surface area (Å²) in [5, 5.41) is 11.5. The maximum atomic E-state index is 11.7. The lowest BCUT2D eigenvalue weighted by Crippen LogP contribution is -2.45. The van der Waals surface area contributed by atoms with E-state index in [0.29, 0.717) is 19.3 Å². The molecule has 0 spiro atoms. The van der Waals surface area contributed by atoms with E-state index in [1.807, 2.05) is 0 Å². The van der Waals surface area contributed by atoms with Crippen molar-refractivity contribution in [1.82, 2.24) is 5.32 Å². The van der Waals surface area contributed by atoms with Crippen LogP contribution in [0.3, 0.4) is 0 Å². The van der Waals surface area contributed by atoms with Crippen molar-refractivity contribution in [1.29, 1.82) is 0 Å². The fourth-order valence-electron chi connectivity index (χ4n) is 2.12. The molecule has 7 nitrogen and oxygen atoms in total. The number of carbonyl (C=O) groups excluding carboxylic acids is 1. The molecule has 1 aliphatic rings. The van der Waals surface area contributed by atoms with E-state index in [4.69, 9.17) is 10.8 Å². The maximum absolute atomic E-state index is 11.7. The molecule has 0 aromatic carbocycles. The highest BCUT2D eigenvalue weighted by Gasteiger charge is 2.31. The average molecular weight is 292 g/mol. The predicted molar refractivity (Wildman–Crippen MR) is 69.2 cm³/mol. The summed E-state index contributed by atoms with van der Waals surface area (Å²) in [4.78, 5) is 22.5. The van der Waals surface area contributed by atoms with Crippen LogP contribution in [0.15, 0.2) is 0 Å². The third-order valence-corrected chi connectivity index (χ3v) is 4.24. The molecule has 3 unspecified atom stereocenters. The molecule has 0 aliphatic heterocycles. The summed E-state index contributed by atoms with van der Waals surface area (Å²) in [6.07, 6.45) is 2.71. The number of nitrogens with one attached hydrogen (secondary N) is 1. The monoisotopic (exact) mass is 292 g/mol. The third kappa shape index (κ3) is 5.56. The van der Waals surface area contributed by atoms with Gasteiger partial charge in [-0.15, -0.1) is 0 Å². The van der Waals surface area contributed by atoms with Crippen LogP contribution in [0.2, 0.25) is 0 Å². The smallest absolute Gasteiger partial charge is 0.306 e. The van der Waals surface area contributed by atoms with E-state index >= 15 is 0 Å². The molecule has 8 heteroatoms. The zero-order valence-electron chi connectivity index (χ0n) is 10.8. The van der Waals surface area contributed by atoms with Crippen LogP contribution in [0, 0.1) is 5.92 Å². The van der Waals surface area contributed by atoms with E-state index in [0.717, 1.165) is 6.26 Å². The highest BCUT2D eigenvalue weighted by Crippen LogP contribution is 2.25. The van der Waals surface area contributed by atoms with Gasteiger partial charge in [0.05, 0.1) is 17.7 Å². The van der Waals surface area contributed by atoms with Crippen molar-refractivity contribution in [2.75, 3.05) is 12.0 Å². The number of sulfone groups is 1. The van der Waals surface area contributed by atoms with Crippen molar-refractivity contribution in [3.63, 3.8) is 0 Å². The van der Waals surface area contributed by atoms with Crippen molar-refractivity contribution in [2.45, 2.75) is 37.8 Å². The van der Waals surface area contributed by atoms with Gasteiger partial charge in [0.15, 0.2) is 0 Å². The molecule has 1 amide bonds. The second kappa shape index (κ2) is 6.33. The average Bonchev–Trinajstić information content (AvgIpc) is 2.73. The second-order valence-electron chi connectivity index (χ2n) is 5.08. The zero-order chi connectivity index (χ0) is 14.6. The fraction of sp³-hybridized carbons (Fsp3) is 0.818. The molecular weight excluding hydrogens is 272 g/mol. The number of carboxylic acid groups (broad SMARTS) is 1. The minimum absolute atomic E-state index is 0.0692. The summed E-state index contributed by atoms with van der Waals surface area (Å²) in [6, 6.07) is -1.06. The number of carbonyl (C=O) groups is 2. The van der Waals surface area contributed by atoms with Gasteiger partial charge in [-0.2, -0.15) is 0 Å². The van der Waals surface area contributed by atoms with Crippen molar-refractivity contribution in [2.24, 2.45) is 11.7 Å². The van der Waals surface area contributed by atoms with E-state index in [1.54, 1.807) is 0 Å². The first-order valence-electron chi connectivity index (χ1n) is 6.15. The molecule has 0 saturated heterocycles. The first kappa shape index (κ1) is 15.9. The van der Waals surface area contributed by atoms with E-state index in [9.17, 15) is 18.0 Å². The van der Waals surface area contributed by atoms with Gasteiger partial charge in [-0.3, -0.25) is 9.59 Å². The molecule has 19 heavy (non-hydrogen) atoms. The molecule has 3 atom stereocenters. The first-order chi connectivity index (χ1) is 8.69. The molecule has 1 aliphatic carbocycles. The number of hydrogen-bond donors (Lipinski definition) is 3. The third-order valence-electron chi connectivity index (χ3n) is 3.26. The summed E-state index contributed by atoms with van der Waals surface area (Å²) < 4.78 is 21.9. The molecule has 0 aromatic heterocycles. The molecule has 0 radical (unpaired) electrons. The summed E-state index contributed by atoms with van der Waals surface area (Å²) in [5.74, 6) is -1.82. The van der Waals surface area contributed by atoms with Crippen LogP contribution in [-0.4, -0.2) is 49.5 Å². The molecule has 0 bridgehead atoms. The SMILES string of the molecule is CS(=O)(=O)CCC(N)C(=O)NC1CCC(C(=O)O)C1. The summed E-state index contributed by atoms with van der Waals surface area (Å²) in [6.45, 7) is 0. The number of aliphatic carboxylic acids is 1. The topological polar surface area (TPSA) is 127 Å². The Morgan fingerprint density at radius 3 is 2.53 bits per heavy atom. The number of carboxylic acids is 1. The lowest BCUT2D eigenvalue weighted by atomic mass is 10.1. The molecule has 1 saturated carbocycles. The zero-order valence-corrected chi connectivity index (χ0v) is 11.6. The molecule has 110 valence electrons. The van der Waals surface area contributed by atoms with Gasteiger partial charge in [0.25, 0.3) is 0 Å². The molecule has 0 heterocycles. The maximum Gasteiger partial charge on any atom is 0.306 e. The minimum Gasteiger partial charge on any atom is -0.481 e. The van der Waals surface area contributed by atoms with Crippen LogP contribution >= 0.6 is 0 Å². The Morgan fingerprint density at radius 1 is 1.42 bits per heavy atom. The van der Waals surface area contributed by atoms with Crippen molar-refractivity contribution in [3.05, 3.63) is 0 Å². The van der Waals surface area contributed by atoms with Gasteiger partial charge in [-0.25, -0.2) is 8.42 Å². The van der Waals surface area contributed by atoms with Crippen LogP contribution < -0.4 is 11.1 Å². The Balaban J connectivity index is 2.37. The number of amides is 1. The normalized spacial score (nSPS) is 24.9. The number of rotatable bonds is 6. The van der Waals surface area contributed by atoms with Crippen LogP contribution in [-0.2, 0) is 19.4 Å². The Labute approximate surface area is 112 Å². The number of hydrogen-bond acceptors (Lipinski definition) is 5. The largest absolute Gasteiger partial charge is 0.481 e. The van der Waals surface area contributed by atoms with Crippen molar-refractivity contribution in [3.8, 4) is 0 Å². The summed E-state index contributed by atoms with van der Waals surface area (Å²) in [5.41, 5.74) is 5.60. The van der Waals surface area contributed by atoms with Gasteiger partial charge in [-0.05, 0) is 25.7 Å². The van der Waals surface area contributed by atoms with Gasteiger partial charge in [-0.1, -0.05) is 0 Å². The predicted octanol–water partition coefficient (Wildman–Crippen LogP) is -0.882. The molecule has 4 N–H and O–H groups in total. The number of nitrogens with two attached hydrogens (primary N) is 1. The van der Waals surface area contributed by atoms with Crippen molar-refractivity contribution >= 4 is 21.7 Å². The fourth-order valence-corrected chi connectivity index (χ4v) is 2.80. The van der Waals surface area contributed by atoms with Crippen LogP contribution in [0.4, 0.5) is 0 Å². The van der Waals surface area contributed by atoms with E-state index in [2.05, 4.69) is 5.32 Å². The van der Waals surface area contributed by atoms with Crippen molar-refractivity contribution < 1.29 is 23.1 Å². The molecule has 1 rings (SSSR count). The van der Waals surface area contributed by atoms with Crippen LogP contribution in [0.25, 0.3) is 0 Å². The van der Waals surface area contributed by atoms with Gasteiger partial charge < -0.3 is 16.2 Å². The quantitative estimate of drug-likeness (QED) is 0.583. The van der Waals surface area contributed by atoms with Crippen LogP contribution in [0.5, 0.6) is 0 Å². The molecule has 1 fully saturated rings. The Bertz CT molecular complexity index is 448. The van der Waals surface area contributed by atoms with Gasteiger partial charge >= 0.3 is 5.97 Å². The van der Waals surface area contributed by atoms with Gasteiger partial charge in [0.2, 0.25) is 5.91 Å². The second-order valence-corrected chi connectivity index (χ2v) is 7.34. The minimum atomic E-state index is -3.14. The summed E-state index contributed by atoms with van der Waals surface area (Å²) in [7, 11) is -3.14. The van der Waals surface area contributed by atoms with E-state index in [1.165, 1.54) is 0 Å². The van der Waals surface area contributed by atoms with Gasteiger partial charge in [0, 0.05) is 12.3 Å². The highest BCUT2D eigenvalue weighted by atomic mass is 32.2. The Morgan fingerprint density at radius 2 is 2.05 bits per heavy atom. The molecular formula is C11H20N2O5S.